The van der Waals surface area contributed by atoms with Crippen molar-refractivity contribution in [3.63, 3.8) is 0 Å². The van der Waals surface area contributed by atoms with Crippen LogP contribution in [0.4, 0.5) is 0 Å². The van der Waals surface area contributed by atoms with Crippen LogP contribution in [0, 0.1) is 5.92 Å². The van der Waals surface area contributed by atoms with Crippen molar-refractivity contribution in [1.29, 1.82) is 0 Å². The van der Waals surface area contributed by atoms with Gasteiger partial charge in [-0.1, -0.05) is 18.4 Å². The standard InChI is InChI=1S/C14H18N2O/c1-2-16-9-7-11(8-10-16)14(15)12-5-3-4-6-13(12)17/h5-6,11H,2,7-10,15H2,1H3/b14-12-. The van der Waals surface area contributed by atoms with Crippen LogP contribution < -0.4 is 5.73 Å². The first-order chi connectivity index (χ1) is 8.22. The molecule has 0 spiro atoms. The third kappa shape index (κ3) is 2.59. The minimum Gasteiger partial charge on any atom is -0.401 e. The van der Waals surface area contributed by atoms with Gasteiger partial charge in [-0.05, 0) is 32.5 Å². The van der Waals surface area contributed by atoms with Gasteiger partial charge in [0.25, 0.3) is 0 Å². The highest BCUT2D eigenvalue weighted by Crippen LogP contribution is 2.24. The first-order valence-electron chi connectivity index (χ1n) is 6.16. The van der Waals surface area contributed by atoms with Crippen molar-refractivity contribution < 1.29 is 4.79 Å². The number of hydrogen-bond acceptors (Lipinski definition) is 3. The molecule has 0 amide bonds. The van der Waals surface area contributed by atoms with Gasteiger partial charge in [-0.15, -0.1) is 0 Å². The fraction of sp³-hybridized carbons (Fsp3) is 0.500. The summed E-state index contributed by atoms with van der Waals surface area (Å²) in [5.74, 6) is 0.292. The van der Waals surface area contributed by atoms with Gasteiger partial charge >= 0.3 is 0 Å². The minimum atomic E-state index is -0.0424. The molecule has 0 aromatic heterocycles. The van der Waals surface area contributed by atoms with Gasteiger partial charge in [0.15, 0.2) is 5.78 Å². The summed E-state index contributed by atoms with van der Waals surface area (Å²) in [6, 6.07) is 0. The predicted molar refractivity (Wildman–Crippen MR) is 67.2 cm³/mol. The topological polar surface area (TPSA) is 46.3 Å². The summed E-state index contributed by atoms with van der Waals surface area (Å²) < 4.78 is 0. The molecule has 17 heavy (non-hydrogen) atoms. The average molecular weight is 230 g/mol. The maximum atomic E-state index is 11.7. The lowest BCUT2D eigenvalue weighted by Crippen LogP contribution is -2.35. The molecular weight excluding hydrogens is 212 g/mol. The zero-order chi connectivity index (χ0) is 12.3. The Labute approximate surface area is 102 Å². The number of nitrogens with two attached hydrogens (primary N) is 1. The lowest BCUT2D eigenvalue weighted by atomic mass is 9.89. The molecule has 90 valence electrons. The number of likely N-dealkylation sites (tertiary alicyclic amines) is 1. The van der Waals surface area contributed by atoms with Crippen LogP contribution in [-0.2, 0) is 4.79 Å². The number of ketones is 1. The van der Waals surface area contributed by atoms with Crippen LogP contribution in [0.3, 0.4) is 0 Å². The van der Waals surface area contributed by atoms with Gasteiger partial charge in [-0.25, -0.2) is 0 Å². The quantitative estimate of drug-likeness (QED) is 0.576. The molecule has 1 fully saturated rings. The Hall–Kier alpha value is -1.53. The van der Waals surface area contributed by atoms with Gasteiger partial charge in [0.05, 0.1) is 0 Å². The van der Waals surface area contributed by atoms with Gasteiger partial charge in [0.2, 0.25) is 0 Å². The van der Waals surface area contributed by atoms with E-state index in [1.165, 1.54) is 6.08 Å². The molecule has 2 aliphatic rings. The summed E-state index contributed by atoms with van der Waals surface area (Å²) in [7, 11) is 0. The Morgan fingerprint density at radius 3 is 2.65 bits per heavy atom. The van der Waals surface area contributed by atoms with Crippen molar-refractivity contribution in [1.82, 2.24) is 4.90 Å². The molecule has 0 saturated carbocycles. The second-order valence-electron chi connectivity index (χ2n) is 4.52. The summed E-state index contributed by atoms with van der Waals surface area (Å²) in [4.78, 5) is 14.1. The van der Waals surface area contributed by atoms with E-state index in [-0.39, 0.29) is 5.78 Å². The van der Waals surface area contributed by atoms with E-state index in [0.717, 1.165) is 38.2 Å². The smallest absolute Gasteiger partial charge is 0.196 e. The summed E-state index contributed by atoms with van der Waals surface area (Å²) in [5.41, 5.74) is 12.9. The molecule has 3 nitrogen and oxygen atoms in total. The number of piperidine rings is 1. The number of rotatable bonds is 2. The molecule has 1 saturated heterocycles. The Kier molecular flexibility index (Phi) is 3.65. The molecular formula is C14H18N2O. The molecule has 1 heterocycles. The van der Waals surface area contributed by atoms with E-state index in [1.807, 2.05) is 0 Å². The van der Waals surface area contributed by atoms with Gasteiger partial charge in [0.1, 0.15) is 0 Å². The molecule has 0 aromatic rings. The Bertz CT molecular complexity index is 441. The van der Waals surface area contributed by atoms with E-state index in [2.05, 4.69) is 23.3 Å². The molecule has 0 radical (unpaired) electrons. The van der Waals surface area contributed by atoms with Gasteiger partial charge < -0.3 is 10.6 Å². The highest BCUT2D eigenvalue weighted by atomic mass is 16.1. The second kappa shape index (κ2) is 5.20. The van der Waals surface area contributed by atoms with E-state index < -0.39 is 0 Å². The number of carbonyl (C=O) groups is 1. The first kappa shape index (κ1) is 11.9. The van der Waals surface area contributed by atoms with Crippen LogP contribution in [-0.4, -0.2) is 30.3 Å². The molecule has 0 atom stereocenters. The number of hydrogen-bond donors (Lipinski definition) is 1. The average Bonchev–Trinajstić information content (AvgIpc) is 2.39. The normalized spacial score (nSPS) is 24.4. The highest BCUT2D eigenvalue weighted by Gasteiger charge is 2.23. The van der Waals surface area contributed by atoms with Crippen molar-refractivity contribution >= 4 is 5.78 Å². The lowest BCUT2D eigenvalue weighted by molar-refractivity contribution is -0.111. The lowest BCUT2D eigenvalue weighted by Gasteiger charge is -2.31. The summed E-state index contributed by atoms with van der Waals surface area (Å²) >= 11 is 0. The van der Waals surface area contributed by atoms with E-state index in [1.54, 1.807) is 6.08 Å². The van der Waals surface area contributed by atoms with E-state index in [0.29, 0.717) is 11.5 Å². The van der Waals surface area contributed by atoms with Crippen LogP contribution in [0.2, 0.25) is 0 Å². The molecule has 1 aliphatic carbocycles. The Morgan fingerprint density at radius 2 is 2.06 bits per heavy atom. The van der Waals surface area contributed by atoms with Crippen LogP contribution in [0.25, 0.3) is 0 Å². The van der Waals surface area contributed by atoms with Gasteiger partial charge in [-0.2, -0.15) is 0 Å². The molecule has 1 aliphatic heterocycles. The fourth-order valence-corrected chi connectivity index (χ4v) is 2.38. The molecule has 2 rings (SSSR count). The van der Waals surface area contributed by atoms with Gasteiger partial charge in [0, 0.05) is 29.3 Å². The second-order valence-corrected chi connectivity index (χ2v) is 4.52. The SMILES string of the molecule is CCN1CCC(/C(N)=C2\C=C=C=CC2=O)CC1. The first-order valence-corrected chi connectivity index (χ1v) is 6.16. The molecule has 0 unspecified atom stereocenters. The molecule has 0 bridgehead atoms. The summed E-state index contributed by atoms with van der Waals surface area (Å²) in [5, 5.41) is 0. The summed E-state index contributed by atoms with van der Waals surface area (Å²) in [6.07, 6.45) is 5.14. The van der Waals surface area contributed by atoms with Crippen LogP contribution in [0.5, 0.6) is 0 Å². The van der Waals surface area contributed by atoms with E-state index in [9.17, 15) is 4.79 Å². The monoisotopic (exact) mass is 230 g/mol. The van der Waals surface area contributed by atoms with Crippen molar-refractivity contribution in [2.45, 2.75) is 19.8 Å². The number of carbonyl (C=O) groups excluding carboxylic acids is 1. The third-order valence-corrected chi connectivity index (χ3v) is 3.55. The van der Waals surface area contributed by atoms with E-state index >= 15 is 0 Å². The predicted octanol–water partition coefficient (Wildman–Crippen LogP) is 1.38. The molecule has 0 aromatic carbocycles. The van der Waals surface area contributed by atoms with Crippen molar-refractivity contribution in [3.05, 3.63) is 34.9 Å². The van der Waals surface area contributed by atoms with Gasteiger partial charge in [-0.3, -0.25) is 4.79 Å². The fourth-order valence-electron chi connectivity index (χ4n) is 2.38. The third-order valence-electron chi connectivity index (χ3n) is 3.55. The largest absolute Gasteiger partial charge is 0.401 e. The Balaban J connectivity index is 2.11. The number of nitrogens with zero attached hydrogens (tertiary/aromatic N) is 1. The Morgan fingerprint density at radius 1 is 1.41 bits per heavy atom. The minimum absolute atomic E-state index is 0.0424. The number of allylic oxidation sites excluding steroid dienone is 4. The zero-order valence-corrected chi connectivity index (χ0v) is 10.2. The van der Waals surface area contributed by atoms with E-state index in [4.69, 9.17) is 5.73 Å². The highest BCUT2D eigenvalue weighted by molar-refractivity contribution is 6.07. The maximum absolute atomic E-state index is 11.7. The van der Waals surface area contributed by atoms with Crippen LogP contribution in [0.15, 0.2) is 34.9 Å². The van der Waals surface area contributed by atoms with Crippen LogP contribution >= 0.6 is 0 Å². The zero-order valence-electron chi connectivity index (χ0n) is 10.2. The van der Waals surface area contributed by atoms with Crippen molar-refractivity contribution in [3.8, 4) is 0 Å². The molecule has 2 N–H and O–H groups in total. The van der Waals surface area contributed by atoms with Crippen molar-refractivity contribution in [2.24, 2.45) is 11.7 Å². The van der Waals surface area contributed by atoms with Crippen molar-refractivity contribution in [2.75, 3.05) is 19.6 Å². The summed E-state index contributed by atoms with van der Waals surface area (Å²) in [6.45, 7) is 5.40. The van der Waals surface area contributed by atoms with Crippen LogP contribution in [0.1, 0.15) is 19.8 Å². The maximum Gasteiger partial charge on any atom is 0.196 e. The molecule has 3 heteroatoms.